The van der Waals surface area contributed by atoms with Crippen molar-refractivity contribution in [3.8, 4) is 0 Å². The minimum absolute atomic E-state index is 0.413. The molecule has 0 fully saturated rings. The Balaban J connectivity index is 2.44. The molecule has 4 heteroatoms. The summed E-state index contributed by atoms with van der Waals surface area (Å²) in [5.74, 6) is 0. The second kappa shape index (κ2) is 3.43. The van der Waals surface area contributed by atoms with Gasteiger partial charge in [0.2, 0.25) is 6.20 Å². The number of nitrogens with zero attached hydrogens (tertiary/aromatic N) is 2. The zero-order valence-corrected chi connectivity index (χ0v) is 7.37. The molecule has 2 rings (SSSR count). The SMILES string of the molecule is O=[N+]1C=CC=CC1=C1C=CC=CN1O. The highest BCUT2D eigenvalue weighted by Crippen LogP contribution is 2.18. The van der Waals surface area contributed by atoms with Crippen LogP contribution in [0.2, 0.25) is 0 Å². The third kappa shape index (κ3) is 1.43. The van der Waals surface area contributed by atoms with Gasteiger partial charge in [0.15, 0.2) is 0 Å². The van der Waals surface area contributed by atoms with Gasteiger partial charge in [-0.3, -0.25) is 5.21 Å². The summed E-state index contributed by atoms with van der Waals surface area (Å²) in [6, 6.07) is 0. The van der Waals surface area contributed by atoms with Crippen molar-refractivity contribution >= 4 is 0 Å². The normalized spacial score (nSPS) is 24.9. The van der Waals surface area contributed by atoms with Gasteiger partial charge in [0, 0.05) is 23.3 Å². The molecule has 0 saturated heterocycles. The topological polar surface area (TPSA) is 43.5 Å². The predicted molar refractivity (Wildman–Crippen MR) is 50.8 cm³/mol. The molecular formula is C10H9N2O2+. The van der Waals surface area contributed by atoms with Gasteiger partial charge in [-0.1, -0.05) is 6.08 Å². The van der Waals surface area contributed by atoms with E-state index in [1.54, 1.807) is 36.5 Å². The van der Waals surface area contributed by atoms with Crippen LogP contribution in [0.5, 0.6) is 0 Å². The molecule has 0 atom stereocenters. The van der Waals surface area contributed by atoms with E-state index in [1.807, 2.05) is 0 Å². The lowest BCUT2D eigenvalue weighted by molar-refractivity contribution is -0.422. The first-order chi connectivity index (χ1) is 6.79. The minimum Gasteiger partial charge on any atom is -0.284 e. The van der Waals surface area contributed by atoms with E-state index < -0.39 is 0 Å². The lowest BCUT2D eigenvalue weighted by atomic mass is 10.2. The molecule has 0 aromatic heterocycles. The van der Waals surface area contributed by atoms with Gasteiger partial charge in [0.05, 0.1) is 4.76 Å². The minimum atomic E-state index is 0.413. The maximum atomic E-state index is 11.4. The van der Waals surface area contributed by atoms with Gasteiger partial charge in [0.25, 0.3) is 5.70 Å². The quantitative estimate of drug-likeness (QED) is 0.591. The first-order valence-corrected chi connectivity index (χ1v) is 4.17. The molecular weight excluding hydrogens is 180 g/mol. The van der Waals surface area contributed by atoms with Crippen LogP contribution in [0.25, 0.3) is 0 Å². The molecule has 0 amide bonds. The van der Waals surface area contributed by atoms with Crippen LogP contribution in [0.3, 0.4) is 0 Å². The summed E-state index contributed by atoms with van der Waals surface area (Å²) < 4.78 is 0.710. The Morgan fingerprint density at radius 2 is 1.93 bits per heavy atom. The summed E-state index contributed by atoms with van der Waals surface area (Å²) >= 11 is 0. The zero-order valence-electron chi connectivity index (χ0n) is 7.37. The van der Waals surface area contributed by atoms with Crippen molar-refractivity contribution in [3.63, 3.8) is 0 Å². The molecule has 0 aromatic rings. The monoisotopic (exact) mass is 189 g/mol. The fourth-order valence-electron chi connectivity index (χ4n) is 1.26. The van der Waals surface area contributed by atoms with Gasteiger partial charge in [-0.15, -0.1) is 0 Å². The Morgan fingerprint density at radius 3 is 2.64 bits per heavy atom. The van der Waals surface area contributed by atoms with Crippen LogP contribution in [0, 0.1) is 4.91 Å². The highest BCUT2D eigenvalue weighted by molar-refractivity contribution is 5.34. The number of hydroxylamine groups is 2. The molecule has 70 valence electrons. The molecule has 14 heavy (non-hydrogen) atoms. The van der Waals surface area contributed by atoms with Crippen molar-refractivity contribution in [2.45, 2.75) is 0 Å². The zero-order chi connectivity index (χ0) is 9.97. The van der Waals surface area contributed by atoms with E-state index in [2.05, 4.69) is 0 Å². The van der Waals surface area contributed by atoms with Gasteiger partial charge >= 0.3 is 0 Å². The van der Waals surface area contributed by atoms with Crippen LogP contribution < -0.4 is 0 Å². The van der Waals surface area contributed by atoms with Crippen LogP contribution in [0.4, 0.5) is 0 Å². The third-order valence-electron chi connectivity index (χ3n) is 1.93. The molecule has 2 heterocycles. The van der Waals surface area contributed by atoms with Crippen LogP contribution in [0.1, 0.15) is 0 Å². The number of nitroso groups, excluding NO2 is 1. The molecule has 1 N–H and O–H groups in total. The van der Waals surface area contributed by atoms with Crippen molar-refractivity contribution in [1.29, 1.82) is 0 Å². The Bertz CT molecular complexity index is 414. The van der Waals surface area contributed by atoms with E-state index in [-0.39, 0.29) is 0 Å². The molecule has 0 aromatic carbocycles. The van der Waals surface area contributed by atoms with E-state index in [0.717, 1.165) is 5.06 Å². The van der Waals surface area contributed by atoms with Crippen molar-refractivity contribution in [3.05, 3.63) is 65.2 Å². The Hall–Kier alpha value is -1.94. The molecule has 0 bridgehead atoms. The predicted octanol–water partition coefficient (Wildman–Crippen LogP) is 1.84. The van der Waals surface area contributed by atoms with Crippen molar-refractivity contribution in [2.24, 2.45) is 0 Å². The fourth-order valence-corrected chi connectivity index (χ4v) is 1.26. The smallest absolute Gasteiger partial charge is 0.284 e. The van der Waals surface area contributed by atoms with Gasteiger partial charge in [-0.25, -0.2) is 5.06 Å². The molecule has 2 aliphatic heterocycles. The van der Waals surface area contributed by atoms with E-state index in [0.29, 0.717) is 16.2 Å². The molecule has 0 spiro atoms. The number of hydrogen-bond donors (Lipinski definition) is 1. The van der Waals surface area contributed by atoms with Gasteiger partial charge in [0.1, 0.15) is 5.70 Å². The molecule has 2 aliphatic rings. The van der Waals surface area contributed by atoms with E-state index >= 15 is 0 Å². The molecule has 0 saturated carbocycles. The lowest BCUT2D eigenvalue weighted by Gasteiger charge is -2.14. The van der Waals surface area contributed by atoms with Crippen LogP contribution >= 0.6 is 0 Å². The van der Waals surface area contributed by atoms with E-state index in [4.69, 9.17) is 0 Å². The lowest BCUT2D eigenvalue weighted by Crippen LogP contribution is -2.17. The average Bonchev–Trinajstić information content (AvgIpc) is 2.20. The number of allylic oxidation sites excluding steroid dienone is 6. The van der Waals surface area contributed by atoms with Gasteiger partial charge in [-0.05, 0) is 18.2 Å². The Labute approximate surface area is 81.0 Å². The second-order valence-corrected chi connectivity index (χ2v) is 2.84. The van der Waals surface area contributed by atoms with Gasteiger partial charge in [-0.2, -0.15) is 0 Å². The summed E-state index contributed by atoms with van der Waals surface area (Å²) in [5.41, 5.74) is 0.874. The first kappa shape index (κ1) is 8.65. The number of hydrogen-bond acceptors (Lipinski definition) is 3. The molecule has 4 nitrogen and oxygen atoms in total. The summed E-state index contributed by atoms with van der Waals surface area (Å²) in [4.78, 5) is 11.4. The Kier molecular flexibility index (Phi) is 2.12. The largest absolute Gasteiger partial charge is 0.288 e. The van der Waals surface area contributed by atoms with Crippen LogP contribution in [-0.4, -0.2) is 15.0 Å². The standard InChI is InChI=1S/C10H9N2O2/c13-11-7-3-1-5-9(11)10-6-2-4-8-12(10)14/h1-8,13H/q+1. The summed E-state index contributed by atoms with van der Waals surface area (Å²) in [6.07, 6.45) is 13.0. The van der Waals surface area contributed by atoms with Crippen LogP contribution in [-0.2, 0) is 0 Å². The maximum absolute atomic E-state index is 11.4. The van der Waals surface area contributed by atoms with Gasteiger partial charge < -0.3 is 0 Å². The maximum Gasteiger partial charge on any atom is 0.288 e. The average molecular weight is 189 g/mol. The van der Waals surface area contributed by atoms with E-state index in [1.165, 1.54) is 12.4 Å². The highest BCUT2D eigenvalue weighted by atomic mass is 16.5. The summed E-state index contributed by atoms with van der Waals surface area (Å²) in [5, 5.41) is 10.4. The number of rotatable bonds is 0. The van der Waals surface area contributed by atoms with Crippen molar-refractivity contribution in [1.82, 2.24) is 5.06 Å². The fraction of sp³-hybridized carbons (Fsp3) is 0. The molecule has 0 aliphatic carbocycles. The second-order valence-electron chi connectivity index (χ2n) is 2.84. The molecule has 0 unspecified atom stereocenters. The highest BCUT2D eigenvalue weighted by Gasteiger charge is 2.22. The summed E-state index contributed by atoms with van der Waals surface area (Å²) in [7, 11) is 0. The Morgan fingerprint density at radius 1 is 1.14 bits per heavy atom. The van der Waals surface area contributed by atoms with Crippen molar-refractivity contribution in [2.75, 3.05) is 0 Å². The summed E-state index contributed by atoms with van der Waals surface area (Å²) in [6.45, 7) is 0. The molecule has 0 radical (unpaired) electrons. The van der Waals surface area contributed by atoms with Crippen molar-refractivity contribution < 1.29 is 9.97 Å². The van der Waals surface area contributed by atoms with E-state index in [9.17, 15) is 10.1 Å². The first-order valence-electron chi connectivity index (χ1n) is 4.17. The third-order valence-corrected chi connectivity index (χ3v) is 1.93. The van der Waals surface area contributed by atoms with Crippen LogP contribution in [0.15, 0.2) is 60.3 Å².